The molecule has 25 nitrogen and oxygen atoms in total. The normalized spacial score (nSPS) is 32.6. The second-order valence-corrected chi connectivity index (χ2v) is 14.4. The van der Waals surface area contributed by atoms with Crippen LogP contribution in [0.1, 0.15) is 12.5 Å². The second-order valence-electron chi connectivity index (χ2n) is 8.96. The highest BCUT2D eigenvalue weighted by Gasteiger charge is 2.46. The van der Waals surface area contributed by atoms with E-state index in [4.69, 9.17) is 14.9 Å². The largest absolute Gasteiger partial charge is 0.790 e. The Labute approximate surface area is 243 Å². The third-order valence-electron chi connectivity index (χ3n) is 5.97. The van der Waals surface area contributed by atoms with Crippen LogP contribution in [0, 0.1) is 5.41 Å². The van der Waals surface area contributed by atoms with E-state index in [1.807, 2.05) is 0 Å². The Morgan fingerprint density at radius 3 is 1.75 bits per heavy atom. The van der Waals surface area contributed by atoms with Crippen molar-refractivity contribution in [2.45, 2.75) is 49.1 Å². The van der Waals surface area contributed by atoms with E-state index < -0.39 is 99.1 Å². The molecule has 4 rings (SSSR count). The van der Waals surface area contributed by atoms with Gasteiger partial charge < -0.3 is 77.4 Å². The van der Waals surface area contributed by atoms with E-state index in [1.54, 1.807) is 0 Å². The lowest BCUT2D eigenvalue weighted by molar-refractivity contribution is -0.344. The number of ether oxygens (including phenoxy) is 2. The van der Waals surface area contributed by atoms with Crippen LogP contribution in [0.5, 0.6) is 0 Å². The molecule has 10 atom stereocenters. The zero-order chi connectivity index (χ0) is 33.0. The van der Waals surface area contributed by atoms with Gasteiger partial charge in [-0.3, -0.25) is 28.0 Å². The molecule has 2 aromatic rings. The summed E-state index contributed by atoms with van der Waals surface area (Å²) in [4.78, 5) is 73.3. The molecule has 4 heterocycles. The lowest BCUT2D eigenvalue weighted by Crippen LogP contribution is -2.36. The maximum Gasteiger partial charge on any atom is 0.278 e. The van der Waals surface area contributed by atoms with Gasteiger partial charge in [-0.25, -0.2) is 14.3 Å². The van der Waals surface area contributed by atoms with Crippen LogP contribution in [-0.2, 0) is 45.4 Å². The Kier molecular flexibility index (Phi) is 10.2. The minimum absolute atomic E-state index is 0.197. The first-order chi connectivity index (χ1) is 20.1. The average molecular weight is 713 g/mol. The number of nitrogens with zero attached hydrogens (tertiary/aromatic N) is 4. The molecular weight excluding hydrogens is 694 g/mol. The van der Waals surface area contributed by atoms with Crippen molar-refractivity contribution in [1.82, 2.24) is 19.1 Å². The number of aromatic nitrogens is 4. The van der Waals surface area contributed by atoms with E-state index in [9.17, 15) is 68.0 Å². The molecule has 0 amide bonds. The Bertz CT molecular complexity index is 1620. The predicted molar refractivity (Wildman–Crippen MR) is 118 cm³/mol. The number of hydrogen-bond donors (Lipinski definition) is 5. The number of hydrogen-bond acceptors (Lipinski definition) is 23. The second kappa shape index (κ2) is 12.7. The van der Waals surface area contributed by atoms with Gasteiger partial charge >= 0.3 is 0 Å². The summed E-state index contributed by atoms with van der Waals surface area (Å²) in [6, 6.07) is 0. The fourth-order valence-electron chi connectivity index (χ4n) is 4.13. The van der Waals surface area contributed by atoms with E-state index in [0.29, 0.717) is 0 Å². The van der Waals surface area contributed by atoms with E-state index in [2.05, 4.69) is 27.6 Å². The summed E-state index contributed by atoms with van der Waals surface area (Å²) in [5.74, 6) is 0. The number of aliphatic hydroxyl groups is 4. The standard InChI is InChI=1S/C15H25N5O20P4/c16-12-7-13(18-4-19(12)14-10(23)8(21)5(37-14)1-35-41(25,26)27)20(3-17-7)15-11(24)9(22)6(38-15)2-36-43(31,32)40-44(33,34)39-42(28,29)30/h3-6,8-11,14-16,21-24H,1-2H2,(H,31,32)(H,33,34)(H2,25,26,27)(H2,28,29,30)/p-6/t5-,6-,8-,9+,10-,11-,14-,15-/m1/s1. The highest BCUT2D eigenvalue weighted by molar-refractivity contribution is 7.64. The molecule has 2 saturated heterocycles. The van der Waals surface area contributed by atoms with Crippen molar-refractivity contribution in [3.05, 3.63) is 18.1 Å². The summed E-state index contributed by atoms with van der Waals surface area (Å²) in [6.07, 6.45) is -11.8. The molecule has 0 aromatic carbocycles. The Morgan fingerprint density at radius 2 is 1.23 bits per heavy atom. The number of imidazole rings is 1. The molecule has 0 saturated carbocycles. The molecule has 2 aromatic heterocycles. The molecule has 44 heavy (non-hydrogen) atoms. The van der Waals surface area contributed by atoms with Gasteiger partial charge in [0.15, 0.2) is 29.1 Å². The third-order valence-corrected chi connectivity index (χ3v) is 10.1. The molecule has 0 bridgehead atoms. The summed E-state index contributed by atoms with van der Waals surface area (Å²) >= 11 is 0. The zero-order valence-electron chi connectivity index (χ0n) is 21.1. The molecule has 5 N–H and O–H groups in total. The third kappa shape index (κ3) is 8.12. The molecule has 0 spiro atoms. The van der Waals surface area contributed by atoms with Gasteiger partial charge in [0, 0.05) is 0 Å². The first-order valence-electron chi connectivity index (χ1n) is 11.5. The van der Waals surface area contributed by atoms with Gasteiger partial charge in [-0.05, 0) is 0 Å². The lowest BCUT2D eigenvalue weighted by atomic mass is 10.1. The van der Waals surface area contributed by atoms with E-state index >= 15 is 0 Å². The minimum Gasteiger partial charge on any atom is -0.790 e. The van der Waals surface area contributed by atoms with Gasteiger partial charge in [0.2, 0.25) is 0 Å². The molecule has 2 unspecified atom stereocenters. The van der Waals surface area contributed by atoms with Crippen molar-refractivity contribution in [2.75, 3.05) is 13.2 Å². The fraction of sp³-hybridized carbons (Fsp3) is 0.667. The molecule has 2 aliphatic heterocycles. The minimum atomic E-state index is -6.25. The van der Waals surface area contributed by atoms with Crippen molar-refractivity contribution in [3.63, 3.8) is 0 Å². The lowest BCUT2D eigenvalue weighted by Gasteiger charge is -2.37. The SMILES string of the molecule is N=c1c2ncn([C@@H]3O[C@H](COP(=O)([O-])OP(=O)([O-])OP(=O)([O-])[O-])[C@H](O)[C@H]3O)c2ncn1[C@@H]1O[C@H](COP(=O)([O-])[O-])[C@@H](O)[C@H]1O. The van der Waals surface area contributed by atoms with Crippen LogP contribution in [0.4, 0.5) is 0 Å². The molecule has 250 valence electrons. The number of nitrogens with one attached hydrogen (secondary N) is 1. The van der Waals surface area contributed by atoms with Crippen LogP contribution in [0.3, 0.4) is 0 Å². The highest BCUT2D eigenvalue weighted by atomic mass is 31.3. The Balaban J connectivity index is 1.48. The van der Waals surface area contributed by atoms with Crippen molar-refractivity contribution >= 4 is 42.5 Å². The van der Waals surface area contributed by atoms with E-state index in [-0.39, 0.29) is 11.2 Å². The van der Waals surface area contributed by atoms with Crippen LogP contribution in [0.2, 0.25) is 0 Å². The first-order valence-corrected chi connectivity index (χ1v) is 17.3. The van der Waals surface area contributed by atoms with Crippen LogP contribution >= 0.6 is 31.3 Å². The van der Waals surface area contributed by atoms with Gasteiger partial charge in [0.1, 0.15) is 43.0 Å². The van der Waals surface area contributed by atoms with Gasteiger partial charge in [-0.15, -0.1) is 0 Å². The van der Waals surface area contributed by atoms with Gasteiger partial charge in [0.05, 0.1) is 35.2 Å². The summed E-state index contributed by atoms with van der Waals surface area (Å²) in [5, 5.41) is 49.8. The molecule has 29 heteroatoms. The number of fused-ring (bicyclic) bond motifs is 1. The predicted octanol–water partition coefficient (Wildman–Crippen LogP) is -7.39. The zero-order valence-corrected chi connectivity index (χ0v) is 24.7. The Morgan fingerprint density at radius 1 is 0.727 bits per heavy atom. The fourth-order valence-corrected chi connectivity index (χ4v) is 7.33. The van der Waals surface area contributed by atoms with Crippen molar-refractivity contribution < 1.29 is 95.2 Å². The molecule has 2 fully saturated rings. The van der Waals surface area contributed by atoms with Gasteiger partial charge in [-0.1, -0.05) is 0 Å². The molecule has 0 aliphatic carbocycles. The van der Waals surface area contributed by atoms with Crippen LogP contribution < -0.4 is 34.8 Å². The molecule has 2 aliphatic rings. The van der Waals surface area contributed by atoms with E-state index in [0.717, 1.165) is 21.8 Å². The number of rotatable bonds is 12. The average Bonchev–Trinajstić information content (AvgIpc) is 3.50. The number of aliphatic hydroxyl groups excluding tert-OH is 4. The molecular formula is C15H19N5O20P4-6. The van der Waals surface area contributed by atoms with Crippen molar-refractivity contribution in [3.8, 4) is 0 Å². The monoisotopic (exact) mass is 713 g/mol. The number of phosphoric ester groups is 2. The maximum atomic E-state index is 11.8. The van der Waals surface area contributed by atoms with Gasteiger partial charge in [-0.2, -0.15) is 0 Å². The highest BCUT2D eigenvalue weighted by Crippen LogP contribution is 2.60. The topological polar surface area (TPSA) is 402 Å². The van der Waals surface area contributed by atoms with E-state index in [1.165, 1.54) is 0 Å². The summed E-state index contributed by atoms with van der Waals surface area (Å²) in [7, 11) is -23.9. The van der Waals surface area contributed by atoms with Gasteiger partial charge in [0.25, 0.3) is 15.6 Å². The first kappa shape index (κ1) is 35.5. The van der Waals surface area contributed by atoms with Crippen LogP contribution in [-0.4, -0.2) is 89.4 Å². The summed E-state index contributed by atoms with van der Waals surface area (Å²) in [6.45, 7) is -2.16. The Hall–Kier alpha value is -1.37. The van der Waals surface area contributed by atoms with Crippen LogP contribution in [0.25, 0.3) is 11.2 Å². The maximum absolute atomic E-state index is 11.8. The van der Waals surface area contributed by atoms with Crippen molar-refractivity contribution in [1.29, 1.82) is 5.41 Å². The molecule has 0 radical (unpaired) electrons. The van der Waals surface area contributed by atoms with Crippen molar-refractivity contribution in [2.24, 2.45) is 0 Å². The smallest absolute Gasteiger partial charge is 0.278 e. The van der Waals surface area contributed by atoms with Crippen LogP contribution in [0.15, 0.2) is 12.7 Å². The quantitative estimate of drug-likeness (QED) is 0.127. The summed E-state index contributed by atoms with van der Waals surface area (Å²) < 4.78 is 71.6. The summed E-state index contributed by atoms with van der Waals surface area (Å²) in [5.41, 5.74) is -0.964. The number of phosphoric acid groups is 4.